The minimum Gasteiger partial charge on any atom is -0.341 e. The van der Waals surface area contributed by atoms with E-state index in [0.29, 0.717) is 27.8 Å². The van der Waals surface area contributed by atoms with Crippen LogP contribution >= 0.6 is 35.0 Å². The molecule has 6 nitrogen and oxygen atoms in total. The number of hydrogen-bond donors (Lipinski definition) is 0. The van der Waals surface area contributed by atoms with Gasteiger partial charge in [-0.2, -0.15) is 0 Å². The Morgan fingerprint density at radius 2 is 2.12 bits per heavy atom. The minimum absolute atomic E-state index is 0.0120. The molecular formula is C16H19Cl2N5OS. The van der Waals surface area contributed by atoms with Crippen LogP contribution in [0.4, 0.5) is 0 Å². The molecule has 2 aromatic rings. The lowest BCUT2D eigenvalue weighted by molar-refractivity contribution is -0.127. The van der Waals surface area contributed by atoms with E-state index >= 15 is 0 Å². The first-order valence-electron chi connectivity index (χ1n) is 8.13. The van der Waals surface area contributed by atoms with E-state index in [9.17, 15) is 4.79 Å². The lowest BCUT2D eigenvalue weighted by atomic mass is 10.2. The number of tetrazole rings is 1. The highest BCUT2D eigenvalue weighted by Crippen LogP contribution is 2.31. The first-order valence-corrected chi connectivity index (χ1v) is 9.88. The van der Waals surface area contributed by atoms with Crippen LogP contribution in [-0.2, 0) is 11.3 Å². The van der Waals surface area contributed by atoms with Crippen molar-refractivity contribution in [2.75, 3.05) is 12.8 Å². The molecule has 1 aromatic heterocycles. The zero-order valence-electron chi connectivity index (χ0n) is 13.9. The summed E-state index contributed by atoms with van der Waals surface area (Å²) >= 11 is 13.6. The lowest BCUT2D eigenvalue weighted by Gasteiger charge is -2.18. The second kappa shape index (κ2) is 8.38. The predicted molar refractivity (Wildman–Crippen MR) is 99.0 cm³/mol. The Morgan fingerprint density at radius 3 is 2.88 bits per heavy atom. The zero-order valence-corrected chi connectivity index (χ0v) is 16.2. The molecule has 134 valence electrons. The summed E-state index contributed by atoms with van der Waals surface area (Å²) in [5, 5.41) is 13.6. The van der Waals surface area contributed by atoms with Crippen LogP contribution in [-0.4, -0.2) is 43.8 Å². The molecule has 0 unspecified atom stereocenters. The largest absolute Gasteiger partial charge is 0.341 e. The van der Waals surface area contributed by atoms with Gasteiger partial charge in [0, 0.05) is 13.6 Å². The molecule has 1 aliphatic rings. The summed E-state index contributed by atoms with van der Waals surface area (Å²) in [5.74, 6) is 0.268. The van der Waals surface area contributed by atoms with Crippen molar-refractivity contribution >= 4 is 40.9 Å². The summed E-state index contributed by atoms with van der Waals surface area (Å²) in [6.45, 7) is 0.409. The molecule has 25 heavy (non-hydrogen) atoms. The van der Waals surface area contributed by atoms with Crippen LogP contribution in [0.2, 0.25) is 10.0 Å². The normalized spacial score (nSPS) is 14.8. The van der Waals surface area contributed by atoms with Crippen molar-refractivity contribution in [3.63, 3.8) is 0 Å². The molecular weight excluding hydrogens is 381 g/mol. The average Bonchev–Trinajstić information content (AvgIpc) is 3.27. The first-order chi connectivity index (χ1) is 12.1. The van der Waals surface area contributed by atoms with Gasteiger partial charge in [-0.15, -0.1) is 5.10 Å². The van der Waals surface area contributed by atoms with Gasteiger partial charge in [-0.3, -0.25) is 4.79 Å². The van der Waals surface area contributed by atoms with Gasteiger partial charge in [0.05, 0.1) is 21.8 Å². The quantitative estimate of drug-likeness (QED) is 0.690. The van der Waals surface area contributed by atoms with Gasteiger partial charge in [-0.05, 0) is 34.9 Å². The van der Waals surface area contributed by atoms with Crippen molar-refractivity contribution in [3.8, 4) is 0 Å². The fourth-order valence-corrected chi connectivity index (χ4v) is 4.17. The number of rotatable bonds is 6. The van der Waals surface area contributed by atoms with Gasteiger partial charge in [-0.25, -0.2) is 4.68 Å². The van der Waals surface area contributed by atoms with Crippen molar-refractivity contribution in [3.05, 3.63) is 33.8 Å². The van der Waals surface area contributed by atoms with Crippen molar-refractivity contribution in [2.24, 2.45) is 0 Å². The van der Waals surface area contributed by atoms with Crippen molar-refractivity contribution in [1.82, 2.24) is 25.1 Å². The van der Waals surface area contributed by atoms with Gasteiger partial charge < -0.3 is 4.90 Å². The van der Waals surface area contributed by atoms with Crippen LogP contribution in [0.5, 0.6) is 0 Å². The lowest BCUT2D eigenvalue weighted by Crippen LogP contribution is -2.28. The summed E-state index contributed by atoms with van der Waals surface area (Å²) < 4.78 is 1.86. The number of hydrogen-bond acceptors (Lipinski definition) is 5. The number of carbonyl (C=O) groups is 1. The van der Waals surface area contributed by atoms with Crippen LogP contribution in [0.1, 0.15) is 37.3 Å². The van der Waals surface area contributed by atoms with E-state index in [-0.39, 0.29) is 11.7 Å². The third-order valence-corrected chi connectivity index (χ3v) is 6.10. The van der Waals surface area contributed by atoms with E-state index in [2.05, 4.69) is 15.5 Å². The molecule has 0 atom stereocenters. The van der Waals surface area contributed by atoms with E-state index in [1.54, 1.807) is 18.0 Å². The minimum atomic E-state index is -0.0120. The van der Waals surface area contributed by atoms with E-state index in [4.69, 9.17) is 23.2 Å². The summed E-state index contributed by atoms with van der Waals surface area (Å²) in [7, 11) is 1.75. The third kappa shape index (κ3) is 4.46. The van der Waals surface area contributed by atoms with Gasteiger partial charge in [0.1, 0.15) is 0 Å². The number of carbonyl (C=O) groups excluding carboxylic acids is 1. The Bertz CT molecular complexity index is 748. The highest BCUT2D eigenvalue weighted by Gasteiger charge is 2.22. The second-order valence-electron chi connectivity index (χ2n) is 6.10. The standard InChI is InChI=1S/C16H19Cl2N5OS/c1-22(9-11-5-4-8-13(17)15(11)18)14(24)10-25-16-19-20-21-23(16)12-6-2-3-7-12/h4-5,8,12H,2-3,6-7,9-10H2,1H3. The molecule has 0 spiro atoms. The van der Waals surface area contributed by atoms with Crippen molar-refractivity contribution in [2.45, 2.75) is 43.4 Å². The Morgan fingerprint density at radius 1 is 1.36 bits per heavy atom. The molecule has 1 heterocycles. The SMILES string of the molecule is CN(Cc1cccc(Cl)c1Cl)C(=O)CSc1nnnn1C1CCCC1. The number of nitrogens with zero attached hydrogens (tertiary/aromatic N) is 5. The molecule has 1 aromatic carbocycles. The highest BCUT2D eigenvalue weighted by molar-refractivity contribution is 7.99. The zero-order chi connectivity index (χ0) is 17.8. The molecule has 1 aliphatic carbocycles. The van der Waals surface area contributed by atoms with E-state index in [1.165, 1.54) is 24.6 Å². The maximum atomic E-state index is 12.4. The van der Waals surface area contributed by atoms with Gasteiger partial charge in [-0.1, -0.05) is 59.9 Å². The monoisotopic (exact) mass is 399 g/mol. The topological polar surface area (TPSA) is 63.9 Å². The Labute approximate surface area is 160 Å². The molecule has 9 heteroatoms. The van der Waals surface area contributed by atoms with Crippen LogP contribution in [0.15, 0.2) is 23.4 Å². The molecule has 3 rings (SSSR count). The maximum absolute atomic E-state index is 12.4. The van der Waals surface area contributed by atoms with Gasteiger partial charge >= 0.3 is 0 Å². The molecule has 1 amide bonds. The Hall–Kier alpha value is -1.31. The Balaban J connectivity index is 1.57. The van der Waals surface area contributed by atoms with Crippen LogP contribution in [0.3, 0.4) is 0 Å². The van der Waals surface area contributed by atoms with E-state index in [1.807, 2.05) is 16.8 Å². The molecule has 0 N–H and O–H groups in total. The van der Waals surface area contributed by atoms with Gasteiger partial charge in [0.2, 0.25) is 11.1 Å². The van der Waals surface area contributed by atoms with Crippen LogP contribution < -0.4 is 0 Å². The van der Waals surface area contributed by atoms with Gasteiger partial charge in [0.25, 0.3) is 0 Å². The fourth-order valence-electron chi connectivity index (χ4n) is 2.91. The molecule has 0 saturated heterocycles. The number of aromatic nitrogens is 4. The summed E-state index contributed by atoms with van der Waals surface area (Å²) in [6.07, 6.45) is 4.60. The average molecular weight is 400 g/mol. The van der Waals surface area contributed by atoms with Gasteiger partial charge in [0.15, 0.2) is 0 Å². The fraction of sp³-hybridized carbons (Fsp3) is 0.500. The first kappa shape index (κ1) is 18.5. The second-order valence-corrected chi connectivity index (χ2v) is 7.82. The van der Waals surface area contributed by atoms with E-state index in [0.717, 1.165) is 18.4 Å². The molecule has 0 aliphatic heterocycles. The van der Waals surface area contributed by atoms with Crippen LogP contribution in [0.25, 0.3) is 0 Å². The number of thioether (sulfide) groups is 1. The van der Waals surface area contributed by atoms with Crippen molar-refractivity contribution in [1.29, 1.82) is 0 Å². The van der Waals surface area contributed by atoms with Crippen molar-refractivity contribution < 1.29 is 4.79 Å². The number of amides is 1. The molecule has 0 radical (unpaired) electrons. The molecule has 1 fully saturated rings. The summed E-state index contributed by atoms with van der Waals surface area (Å²) in [6, 6.07) is 5.78. The molecule has 1 saturated carbocycles. The third-order valence-electron chi connectivity index (χ3n) is 4.32. The van der Waals surface area contributed by atoms with E-state index < -0.39 is 0 Å². The highest BCUT2D eigenvalue weighted by atomic mass is 35.5. The maximum Gasteiger partial charge on any atom is 0.233 e. The summed E-state index contributed by atoms with van der Waals surface area (Å²) in [5.41, 5.74) is 0.825. The number of benzene rings is 1. The molecule has 0 bridgehead atoms. The van der Waals surface area contributed by atoms with Crippen LogP contribution in [0, 0.1) is 0 Å². The predicted octanol–water partition coefficient (Wildman–Crippen LogP) is 3.85. The Kier molecular flexibility index (Phi) is 6.19. The number of halogens is 2. The smallest absolute Gasteiger partial charge is 0.233 e. The summed E-state index contributed by atoms with van der Waals surface area (Å²) in [4.78, 5) is 14.1.